The van der Waals surface area contributed by atoms with Gasteiger partial charge in [0.25, 0.3) is 0 Å². The molecule has 184 valence electrons. The maximum atomic E-state index is 9.06. The van der Waals surface area contributed by atoms with Gasteiger partial charge < -0.3 is 19.7 Å². The molecule has 0 spiro atoms. The first-order valence-electron chi connectivity index (χ1n) is 12.3. The third-order valence-electron chi connectivity index (χ3n) is 6.84. The molecule has 8 heteroatoms. The molecular formula is C28H32N8. The number of hydrogen-bond donors (Lipinski definition) is 1. The van der Waals surface area contributed by atoms with Crippen LogP contribution in [0, 0.1) is 18.3 Å². The highest BCUT2D eigenvalue weighted by molar-refractivity contribution is 5.87. The molecule has 0 amide bonds. The van der Waals surface area contributed by atoms with Crippen molar-refractivity contribution in [2.75, 3.05) is 41.3 Å². The maximum Gasteiger partial charge on any atom is 0.229 e. The Bertz CT molecular complexity index is 1430. The summed E-state index contributed by atoms with van der Waals surface area (Å²) < 4.78 is 1.97. The van der Waals surface area contributed by atoms with Crippen molar-refractivity contribution in [1.82, 2.24) is 19.5 Å². The third kappa shape index (κ3) is 4.57. The lowest BCUT2D eigenvalue weighted by Crippen LogP contribution is -2.47. The molecule has 36 heavy (non-hydrogen) atoms. The molecule has 0 aliphatic carbocycles. The van der Waals surface area contributed by atoms with Gasteiger partial charge in [-0.3, -0.25) is 0 Å². The van der Waals surface area contributed by atoms with Crippen LogP contribution in [0.1, 0.15) is 37.5 Å². The van der Waals surface area contributed by atoms with E-state index in [1.165, 1.54) is 5.56 Å². The summed E-state index contributed by atoms with van der Waals surface area (Å²) >= 11 is 0. The third-order valence-corrected chi connectivity index (χ3v) is 6.84. The Morgan fingerprint density at radius 1 is 0.944 bits per heavy atom. The Balaban J connectivity index is 1.42. The largest absolute Gasteiger partial charge is 0.368 e. The molecule has 1 aliphatic heterocycles. The van der Waals surface area contributed by atoms with Crippen molar-refractivity contribution in [3.63, 3.8) is 0 Å². The van der Waals surface area contributed by atoms with Crippen LogP contribution in [0.4, 0.5) is 23.1 Å². The lowest BCUT2D eigenvalue weighted by Gasteiger charge is -2.36. The van der Waals surface area contributed by atoms with Crippen LogP contribution in [0.5, 0.6) is 0 Å². The van der Waals surface area contributed by atoms with Crippen LogP contribution in [0.25, 0.3) is 11.2 Å². The number of hydrogen-bond acceptors (Lipinski definition) is 7. The highest BCUT2D eigenvalue weighted by atomic mass is 15.3. The van der Waals surface area contributed by atoms with Crippen molar-refractivity contribution >= 4 is 34.3 Å². The van der Waals surface area contributed by atoms with Gasteiger partial charge in [-0.25, -0.2) is 4.98 Å². The number of fused-ring (bicyclic) bond motifs is 1. The Hall–Kier alpha value is -4.12. The number of nitriles is 1. The number of nitrogens with one attached hydrogen (secondary N) is 1. The Labute approximate surface area is 212 Å². The molecule has 4 aromatic rings. The van der Waals surface area contributed by atoms with Crippen LogP contribution in [-0.2, 0) is 12.5 Å². The standard InChI is InChI=1S/C28H32N8/c1-19-6-9-21(28(2,3)4)16-23(19)31-26-24-25(30-18-34(24)5)32-27(33-26)36-14-12-35(13-15-36)22-10-7-20(17-29)8-11-22/h6-11,16,18H,12-15H2,1-5H3,(H,31,32,33). The Kier molecular flexibility index (Phi) is 6.00. The molecule has 0 unspecified atom stereocenters. The second-order valence-corrected chi connectivity index (χ2v) is 10.4. The van der Waals surface area contributed by atoms with Crippen LogP contribution in [-0.4, -0.2) is 45.7 Å². The van der Waals surface area contributed by atoms with Gasteiger partial charge >= 0.3 is 0 Å². The molecular weight excluding hydrogens is 448 g/mol. The molecule has 2 aromatic heterocycles. The van der Waals surface area contributed by atoms with Crippen LogP contribution >= 0.6 is 0 Å². The maximum absolute atomic E-state index is 9.06. The van der Waals surface area contributed by atoms with Crippen molar-refractivity contribution in [3.05, 3.63) is 65.5 Å². The number of piperazine rings is 1. The summed E-state index contributed by atoms with van der Waals surface area (Å²) in [5, 5.41) is 12.7. The van der Waals surface area contributed by atoms with Gasteiger partial charge in [0.05, 0.1) is 18.0 Å². The Morgan fingerprint density at radius 3 is 2.31 bits per heavy atom. The van der Waals surface area contributed by atoms with E-state index in [1.54, 1.807) is 6.33 Å². The molecule has 0 saturated carbocycles. The van der Waals surface area contributed by atoms with Crippen LogP contribution in [0.15, 0.2) is 48.8 Å². The molecule has 0 radical (unpaired) electrons. The number of anilines is 4. The molecule has 0 bridgehead atoms. The van der Waals surface area contributed by atoms with Crippen LogP contribution in [0.3, 0.4) is 0 Å². The minimum Gasteiger partial charge on any atom is -0.368 e. The second-order valence-electron chi connectivity index (χ2n) is 10.4. The number of benzene rings is 2. The van der Waals surface area contributed by atoms with E-state index in [-0.39, 0.29) is 5.41 Å². The van der Waals surface area contributed by atoms with Crippen LogP contribution in [0.2, 0.25) is 0 Å². The molecule has 5 rings (SSSR count). The van der Waals surface area contributed by atoms with E-state index in [0.717, 1.165) is 54.5 Å². The normalized spacial score (nSPS) is 14.2. The molecule has 1 aliphatic rings. The summed E-state index contributed by atoms with van der Waals surface area (Å²) in [5.74, 6) is 1.45. The van der Waals surface area contributed by atoms with Crippen LogP contribution < -0.4 is 15.1 Å². The predicted molar refractivity (Wildman–Crippen MR) is 145 cm³/mol. The van der Waals surface area contributed by atoms with Crippen molar-refractivity contribution in [1.29, 1.82) is 5.26 Å². The zero-order valence-corrected chi connectivity index (χ0v) is 21.6. The molecule has 8 nitrogen and oxygen atoms in total. The minimum absolute atomic E-state index is 0.0530. The fraction of sp³-hybridized carbons (Fsp3) is 0.357. The topological polar surface area (TPSA) is 85.9 Å². The number of imidazole rings is 1. The van der Waals surface area contributed by atoms with Gasteiger partial charge in [-0.15, -0.1) is 0 Å². The van der Waals surface area contributed by atoms with Crippen molar-refractivity contribution in [2.24, 2.45) is 7.05 Å². The van der Waals surface area contributed by atoms with Crippen molar-refractivity contribution in [3.8, 4) is 6.07 Å². The van der Waals surface area contributed by atoms with E-state index in [4.69, 9.17) is 15.2 Å². The van der Waals surface area contributed by atoms with E-state index < -0.39 is 0 Å². The van der Waals surface area contributed by atoms with Gasteiger partial charge in [-0.2, -0.15) is 15.2 Å². The summed E-state index contributed by atoms with van der Waals surface area (Å²) in [5.41, 5.74) is 6.90. The fourth-order valence-electron chi connectivity index (χ4n) is 4.54. The quantitative estimate of drug-likeness (QED) is 0.444. The van der Waals surface area contributed by atoms with Crippen molar-refractivity contribution < 1.29 is 0 Å². The summed E-state index contributed by atoms with van der Waals surface area (Å²) in [6, 6.07) is 16.5. The lowest BCUT2D eigenvalue weighted by atomic mass is 9.86. The molecule has 1 saturated heterocycles. The van der Waals surface area contributed by atoms with E-state index >= 15 is 0 Å². The number of aryl methyl sites for hydroxylation is 2. The number of nitrogens with zero attached hydrogens (tertiary/aromatic N) is 7. The first kappa shape index (κ1) is 23.6. The summed E-state index contributed by atoms with van der Waals surface area (Å²) in [6.07, 6.45) is 1.79. The molecule has 1 N–H and O–H groups in total. The van der Waals surface area contributed by atoms with Gasteiger partial charge in [0, 0.05) is 44.6 Å². The van der Waals surface area contributed by atoms with E-state index in [2.05, 4.69) is 72.1 Å². The highest BCUT2D eigenvalue weighted by Gasteiger charge is 2.23. The number of rotatable bonds is 4. The fourth-order valence-corrected chi connectivity index (χ4v) is 4.54. The Morgan fingerprint density at radius 2 is 1.64 bits per heavy atom. The number of aromatic nitrogens is 4. The average Bonchev–Trinajstić information content (AvgIpc) is 3.25. The lowest BCUT2D eigenvalue weighted by molar-refractivity contribution is 0.590. The molecule has 0 atom stereocenters. The second kappa shape index (κ2) is 9.15. The summed E-state index contributed by atoms with van der Waals surface area (Å²) in [6.45, 7) is 12.1. The zero-order valence-electron chi connectivity index (χ0n) is 21.6. The summed E-state index contributed by atoms with van der Waals surface area (Å²) in [4.78, 5) is 18.9. The minimum atomic E-state index is 0.0530. The first-order valence-corrected chi connectivity index (χ1v) is 12.3. The SMILES string of the molecule is Cc1ccc(C(C)(C)C)cc1Nc1nc(N2CCN(c3ccc(C#N)cc3)CC2)nc2ncn(C)c12. The molecule has 3 heterocycles. The average molecular weight is 481 g/mol. The van der Waals surface area contributed by atoms with E-state index in [0.29, 0.717) is 17.2 Å². The van der Waals surface area contributed by atoms with Gasteiger partial charge in [0.1, 0.15) is 5.52 Å². The predicted octanol–water partition coefficient (Wildman–Crippen LogP) is 4.91. The molecule has 2 aromatic carbocycles. The first-order chi connectivity index (χ1) is 17.2. The van der Waals surface area contributed by atoms with E-state index in [1.807, 2.05) is 35.9 Å². The van der Waals surface area contributed by atoms with Gasteiger partial charge in [0.15, 0.2) is 11.5 Å². The zero-order chi connectivity index (χ0) is 25.4. The highest BCUT2D eigenvalue weighted by Crippen LogP contribution is 2.31. The van der Waals surface area contributed by atoms with E-state index in [9.17, 15) is 0 Å². The smallest absolute Gasteiger partial charge is 0.229 e. The van der Waals surface area contributed by atoms with Gasteiger partial charge in [-0.05, 0) is 53.8 Å². The summed E-state index contributed by atoms with van der Waals surface area (Å²) in [7, 11) is 1.97. The van der Waals surface area contributed by atoms with Gasteiger partial charge in [0.2, 0.25) is 5.95 Å². The van der Waals surface area contributed by atoms with Crippen molar-refractivity contribution in [2.45, 2.75) is 33.1 Å². The monoisotopic (exact) mass is 480 g/mol. The molecule has 1 fully saturated rings. The van der Waals surface area contributed by atoms with Gasteiger partial charge in [-0.1, -0.05) is 32.9 Å².